The van der Waals surface area contributed by atoms with E-state index in [2.05, 4.69) is 5.32 Å². The molecule has 0 aliphatic heterocycles. The minimum absolute atomic E-state index is 0. The lowest BCUT2D eigenvalue weighted by Gasteiger charge is -2.17. The van der Waals surface area contributed by atoms with Gasteiger partial charge < -0.3 is 15.3 Å². The third-order valence-corrected chi connectivity index (χ3v) is 6.33. The van der Waals surface area contributed by atoms with Crippen LogP contribution in [0, 0.1) is 6.92 Å². The zero-order chi connectivity index (χ0) is 18.4. The van der Waals surface area contributed by atoms with Crippen molar-refractivity contribution in [3.63, 3.8) is 0 Å². The fourth-order valence-electron chi connectivity index (χ4n) is 2.47. The molecular formula is C18H23Cl3NO3P. The van der Waals surface area contributed by atoms with E-state index in [-0.39, 0.29) is 31.3 Å². The van der Waals surface area contributed by atoms with Gasteiger partial charge in [0.25, 0.3) is 0 Å². The smallest absolute Gasteiger partial charge is 0.207 e. The maximum absolute atomic E-state index is 12.3. The number of aliphatic hydroxyl groups excluding tert-OH is 1. The second-order valence-electron chi connectivity index (χ2n) is 6.21. The Kier molecular flexibility index (Phi) is 9.63. The Labute approximate surface area is 170 Å². The van der Waals surface area contributed by atoms with Crippen molar-refractivity contribution in [2.75, 3.05) is 12.7 Å². The molecule has 26 heavy (non-hydrogen) atoms. The predicted molar refractivity (Wildman–Crippen MR) is 111 cm³/mol. The molecule has 1 unspecified atom stereocenters. The van der Waals surface area contributed by atoms with Crippen LogP contribution in [0.25, 0.3) is 0 Å². The van der Waals surface area contributed by atoms with Gasteiger partial charge in [0, 0.05) is 19.3 Å². The normalized spacial score (nSPS) is 14.3. The highest BCUT2D eigenvalue weighted by Gasteiger charge is 2.23. The number of aryl methyl sites for hydroxylation is 1. The van der Waals surface area contributed by atoms with Crippen molar-refractivity contribution < 1.29 is 14.6 Å². The van der Waals surface area contributed by atoms with Crippen LogP contribution < -0.4 is 5.32 Å². The van der Waals surface area contributed by atoms with E-state index < -0.39 is 13.5 Å². The van der Waals surface area contributed by atoms with Gasteiger partial charge in [0.1, 0.15) is 0 Å². The summed E-state index contributed by atoms with van der Waals surface area (Å²) in [6, 6.07) is 12.8. The molecule has 0 fully saturated rings. The van der Waals surface area contributed by atoms with Gasteiger partial charge >= 0.3 is 0 Å². The monoisotopic (exact) mass is 437 g/mol. The number of rotatable bonds is 8. The summed E-state index contributed by atoms with van der Waals surface area (Å²) in [4.78, 5) is 10.1. The van der Waals surface area contributed by atoms with Gasteiger partial charge in [0.15, 0.2) is 0 Å². The van der Waals surface area contributed by atoms with Crippen molar-refractivity contribution in [3.05, 3.63) is 69.2 Å². The molecule has 144 valence electrons. The molecule has 2 atom stereocenters. The van der Waals surface area contributed by atoms with Gasteiger partial charge in [0.05, 0.1) is 22.3 Å². The predicted octanol–water partition coefficient (Wildman–Crippen LogP) is 4.64. The highest BCUT2D eigenvalue weighted by molar-refractivity contribution is 7.57. The van der Waals surface area contributed by atoms with Crippen molar-refractivity contribution >= 4 is 43.0 Å². The molecule has 2 rings (SSSR count). The van der Waals surface area contributed by atoms with Gasteiger partial charge in [-0.1, -0.05) is 59.1 Å². The minimum atomic E-state index is -3.44. The largest absolute Gasteiger partial charge is 0.391 e. The second-order valence-corrected chi connectivity index (χ2v) is 9.39. The maximum atomic E-state index is 12.3. The molecule has 0 radical (unpaired) electrons. The molecule has 0 aromatic heterocycles. The van der Waals surface area contributed by atoms with Crippen LogP contribution in [0.1, 0.15) is 16.7 Å². The van der Waals surface area contributed by atoms with Gasteiger partial charge in [-0.25, -0.2) is 0 Å². The molecule has 3 N–H and O–H groups in total. The molecule has 2 aromatic rings. The number of halogens is 3. The molecule has 0 aliphatic carbocycles. The number of hydrogen-bond donors (Lipinski definition) is 3. The Balaban J connectivity index is 0.00000338. The van der Waals surface area contributed by atoms with Crippen LogP contribution in [-0.2, 0) is 17.3 Å². The van der Waals surface area contributed by atoms with Gasteiger partial charge in [0.2, 0.25) is 7.37 Å². The first kappa shape index (κ1) is 23.5. The molecule has 0 heterocycles. The molecule has 0 bridgehead atoms. The number of benzene rings is 2. The summed E-state index contributed by atoms with van der Waals surface area (Å²) in [6.45, 7) is 2.67. The molecule has 4 nitrogen and oxygen atoms in total. The van der Waals surface area contributed by atoms with E-state index in [0.717, 1.165) is 16.7 Å². The molecule has 0 spiro atoms. The van der Waals surface area contributed by atoms with Crippen LogP contribution in [0.2, 0.25) is 10.0 Å². The first-order valence-corrected chi connectivity index (χ1v) is 10.7. The molecule has 0 aliphatic rings. The molecule has 0 saturated carbocycles. The Morgan fingerprint density at radius 3 is 2.31 bits per heavy atom. The molecule has 0 saturated heterocycles. The summed E-state index contributed by atoms with van der Waals surface area (Å²) in [7, 11) is -3.44. The van der Waals surface area contributed by atoms with E-state index in [0.29, 0.717) is 16.6 Å². The van der Waals surface area contributed by atoms with Crippen LogP contribution >= 0.6 is 43.0 Å². The zero-order valence-electron chi connectivity index (χ0n) is 14.4. The molecule has 2 aromatic carbocycles. The third kappa shape index (κ3) is 7.98. The molecule has 0 amide bonds. The molecular weight excluding hydrogens is 416 g/mol. The zero-order valence-corrected chi connectivity index (χ0v) is 17.6. The summed E-state index contributed by atoms with van der Waals surface area (Å²) in [5.41, 5.74) is 2.82. The van der Waals surface area contributed by atoms with Gasteiger partial charge in [-0.05, 0) is 30.2 Å². The van der Waals surface area contributed by atoms with Crippen molar-refractivity contribution in [2.45, 2.75) is 25.7 Å². The summed E-state index contributed by atoms with van der Waals surface area (Å²) in [6.07, 6.45) is -0.976. The second kappa shape index (κ2) is 10.7. The van der Waals surface area contributed by atoms with Crippen LogP contribution in [-0.4, -0.2) is 28.8 Å². The Bertz CT molecular complexity index is 756. The van der Waals surface area contributed by atoms with E-state index in [1.165, 1.54) is 0 Å². The van der Waals surface area contributed by atoms with Gasteiger partial charge in [-0.15, -0.1) is 12.4 Å². The van der Waals surface area contributed by atoms with Crippen LogP contribution in [0.4, 0.5) is 0 Å². The highest BCUT2D eigenvalue weighted by Crippen LogP contribution is 2.44. The first-order chi connectivity index (χ1) is 11.7. The molecule has 8 heteroatoms. The van der Waals surface area contributed by atoms with Crippen molar-refractivity contribution in [1.29, 1.82) is 0 Å². The average molecular weight is 439 g/mol. The quantitative estimate of drug-likeness (QED) is 0.525. The number of nitrogens with one attached hydrogen (secondary N) is 1. The number of aliphatic hydroxyl groups is 1. The lowest BCUT2D eigenvalue weighted by Crippen LogP contribution is -2.29. The van der Waals surface area contributed by atoms with Crippen molar-refractivity contribution in [1.82, 2.24) is 5.32 Å². The van der Waals surface area contributed by atoms with E-state index in [4.69, 9.17) is 23.2 Å². The minimum Gasteiger partial charge on any atom is -0.391 e. The van der Waals surface area contributed by atoms with E-state index in [1.807, 2.05) is 37.3 Å². The SMILES string of the molecule is Cc1ccc(CP(=O)(O)C[C@H](O)CNCc2ccc(Cl)c(Cl)c2)cc1.Cl. The summed E-state index contributed by atoms with van der Waals surface area (Å²) in [5.74, 6) is 0. The van der Waals surface area contributed by atoms with Crippen LogP contribution in [0.5, 0.6) is 0 Å². The summed E-state index contributed by atoms with van der Waals surface area (Å²) >= 11 is 11.8. The van der Waals surface area contributed by atoms with Crippen LogP contribution in [0.3, 0.4) is 0 Å². The van der Waals surface area contributed by atoms with Crippen molar-refractivity contribution in [3.8, 4) is 0 Å². The summed E-state index contributed by atoms with van der Waals surface area (Å²) in [5, 5.41) is 14.1. The van der Waals surface area contributed by atoms with Crippen LogP contribution in [0.15, 0.2) is 42.5 Å². The van der Waals surface area contributed by atoms with Crippen molar-refractivity contribution in [2.24, 2.45) is 0 Å². The summed E-state index contributed by atoms with van der Waals surface area (Å²) < 4.78 is 12.3. The fraction of sp³-hybridized carbons (Fsp3) is 0.333. The van der Waals surface area contributed by atoms with E-state index in [1.54, 1.807) is 12.1 Å². The maximum Gasteiger partial charge on any atom is 0.207 e. The van der Waals surface area contributed by atoms with Gasteiger partial charge in [-0.2, -0.15) is 0 Å². The first-order valence-electron chi connectivity index (χ1n) is 7.94. The standard InChI is InChI=1S/C18H22Cl2NO3P.ClH/c1-13-2-4-14(5-3-13)11-25(23,24)12-16(22)10-21-9-15-6-7-17(19)18(20)8-15;/h2-8,16,21-22H,9-12H2,1H3,(H,23,24);1H/t16-;/m1./s1. The topological polar surface area (TPSA) is 69.6 Å². The number of hydrogen-bond acceptors (Lipinski definition) is 3. The fourth-order valence-corrected chi connectivity index (χ4v) is 4.49. The highest BCUT2D eigenvalue weighted by atomic mass is 35.5. The van der Waals surface area contributed by atoms with E-state index in [9.17, 15) is 14.6 Å². The Morgan fingerprint density at radius 1 is 1.08 bits per heavy atom. The van der Waals surface area contributed by atoms with E-state index >= 15 is 0 Å². The lowest BCUT2D eigenvalue weighted by molar-refractivity contribution is 0.190. The van der Waals surface area contributed by atoms with Gasteiger partial charge in [-0.3, -0.25) is 4.57 Å². The lowest BCUT2D eigenvalue weighted by atomic mass is 10.2. The third-order valence-electron chi connectivity index (χ3n) is 3.74. The average Bonchev–Trinajstić information content (AvgIpc) is 2.52. The Hall–Kier alpha value is -0.580. The Morgan fingerprint density at radius 2 is 1.69 bits per heavy atom.